The third-order valence-corrected chi connectivity index (χ3v) is 7.14. The molecule has 0 fully saturated rings. The minimum Gasteiger partial charge on any atom is -0.310 e. The number of benzene rings is 2. The van der Waals surface area contributed by atoms with Gasteiger partial charge < -0.3 is 5.32 Å². The van der Waals surface area contributed by atoms with E-state index in [9.17, 15) is 18.0 Å². The molecule has 3 aromatic rings. The average Bonchev–Trinajstić information content (AvgIpc) is 3.00. The highest BCUT2D eigenvalue weighted by atomic mass is 32.2. The molecule has 0 unspecified atom stereocenters. The Balaban J connectivity index is 1.73. The standard InChI is InChI=1S/C23H24N4O4S/c1-14-6-4-5-7-18(14)13-24-32(30,31)19-12-17(9-8-15(19)2)22-16(3)26-27-21(29)11-10-20(28)25-23(22)27/h4-9,12,24H,10-11,13H2,1-3H3,(H,25,28). The van der Waals surface area contributed by atoms with Gasteiger partial charge in [-0.1, -0.05) is 36.4 Å². The molecule has 0 aliphatic carbocycles. The van der Waals surface area contributed by atoms with E-state index in [2.05, 4.69) is 15.1 Å². The normalized spacial score (nSPS) is 14.1. The maximum atomic E-state index is 13.1. The van der Waals surface area contributed by atoms with Crippen LogP contribution >= 0.6 is 0 Å². The molecule has 0 radical (unpaired) electrons. The number of rotatable bonds is 5. The van der Waals surface area contributed by atoms with Crippen LogP contribution in [0, 0.1) is 20.8 Å². The third kappa shape index (κ3) is 4.09. The number of fused-ring (bicyclic) bond motifs is 1. The molecule has 2 aromatic carbocycles. The van der Waals surface area contributed by atoms with Crippen molar-refractivity contribution in [2.45, 2.75) is 45.1 Å². The van der Waals surface area contributed by atoms with Gasteiger partial charge in [0.05, 0.1) is 10.6 Å². The van der Waals surface area contributed by atoms with Gasteiger partial charge in [-0.15, -0.1) is 0 Å². The van der Waals surface area contributed by atoms with Crippen LogP contribution in [-0.2, 0) is 21.4 Å². The number of amides is 1. The molecule has 1 amide bonds. The van der Waals surface area contributed by atoms with E-state index in [4.69, 9.17) is 0 Å². The summed E-state index contributed by atoms with van der Waals surface area (Å²) in [6.45, 7) is 5.55. The number of carbonyl (C=O) groups is 2. The van der Waals surface area contributed by atoms with Crippen molar-refractivity contribution in [1.82, 2.24) is 14.5 Å². The quantitative estimate of drug-likeness (QED) is 0.617. The Bertz CT molecular complexity index is 1340. The number of aromatic nitrogens is 2. The second-order valence-electron chi connectivity index (χ2n) is 7.89. The Morgan fingerprint density at radius 2 is 1.78 bits per heavy atom. The number of anilines is 1. The largest absolute Gasteiger partial charge is 0.310 e. The molecule has 0 saturated heterocycles. The Kier molecular flexibility index (Phi) is 5.70. The molecule has 4 rings (SSSR count). The minimum absolute atomic E-state index is 0.0652. The minimum atomic E-state index is -3.81. The highest BCUT2D eigenvalue weighted by molar-refractivity contribution is 7.89. The molecule has 8 nitrogen and oxygen atoms in total. The molecule has 2 heterocycles. The summed E-state index contributed by atoms with van der Waals surface area (Å²) in [6, 6.07) is 12.6. The fourth-order valence-corrected chi connectivity index (χ4v) is 5.07. The maximum absolute atomic E-state index is 13.1. The van der Waals surface area contributed by atoms with Crippen LogP contribution < -0.4 is 10.0 Å². The summed E-state index contributed by atoms with van der Waals surface area (Å²) in [7, 11) is -3.81. The molecule has 1 aliphatic heterocycles. The zero-order valence-corrected chi connectivity index (χ0v) is 18.9. The Hall–Kier alpha value is -3.30. The molecule has 0 spiro atoms. The summed E-state index contributed by atoms with van der Waals surface area (Å²) in [5, 5.41) is 7.03. The van der Waals surface area contributed by atoms with Gasteiger partial charge >= 0.3 is 0 Å². The lowest BCUT2D eigenvalue weighted by atomic mass is 10.0. The molecule has 0 saturated carbocycles. The van der Waals surface area contributed by atoms with Crippen LogP contribution in [0.4, 0.5) is 5.82 Å². The summed E-state index contributed by atoms with van der Waals surface area (Å²) >= 11 is 0. The van der Waals surface area contributed by atoms with Gasteiger partial charge in [-0.2, -0.15) is 9.78 Å². The van der Waals surface area contributed by atoms with E-state index in [1.54, 1.807) is 32.0 Å². The lowest BCUT2D eigenvalue weighted by Gasteiger charge is -2.13. The van der Waals surface area contributed by atoms with Crippen molar-refractivity contribution in [3.05, 3.63) is 64.8 Å². The molecule has 0 atom stereocenters. The topological polar surface area (TPSA) is 110 Å². The number of aryl methyl sites for hydroxylation is 3. The predicted octanol–water partition coefficient (Wildman–Crippen LogP) is 3.33. The van der Waals surface area contributed by atoms with E-state index in [0.29, 0.717) is 22.4 Å². The summed E-state index contributed by atoms with van der Waals surface area (Å²) in [4.78, 5) is 24.6. The highest BCUT2D eigenvalue weighted by Crippen LogP contribution is 2.35. The number of hydrogen-bond acceptors (Lipinski definition) is 5. The molecule has 1 aliphatic rings. The summed E-state index contributed by atoms with van der Waals surface area (Å²) in [6.07, 6.45) is 0.146. The first kappa shape index (κ1) is 21.9. The van der Waals surface area contributed by atoms with E-state index in [0.717, 1.165) is 11.1 Å². The Morgan fingerprint density at radius 3 is 2.53 bits per heavy atom. The van der Waals surface area contributed by atoms with Crippen LogP contribution in [0.15, 0.2) is 47.4 Å². The van der Waals surface area contributed by atoms with Gasteiger partial charge in [0.15, 0.2) is 0 Å². The van der Waals surface area contributed by atoms with Gasteiger partial charge in [-0.3, -0.25) is 9.59 Å². The number of sulfonamides is 1. The van der Waals surface area contributed by atoms with Crippen LogP contribution in [0.2, 0.25) is 0 Å². The maximum Gasteiger partial charge on any atom is 0.249 e. The van der Waals surface area contributed by atoms with E-state index in [-0.39, 0.29) is 41.9 Å². The van der Waals surface area contributed by atoms with E-state index in [1.165, 1.54) is 4.68 Å². The van der Waals surface area contributed by atoms with Crippen LogP contribution in [0.3, 0.4) is 0 Å². The zero-order chi connectivity index (χ0) is 23.0. The molecule has 0 bridgehead atoms. The van der Waals surface area contributed by atoms with Crippen molar-refractivity contribution in [3.8, 4) is 11.1 Å². The van der Waals surface area contributed by atoms with E-state index in [1.807, 2.05) is 31.2 Å². The third-order valence-electron chi connectivity index (χ3n) is 5.60. The number of hydrogen-bond donors (Lipinski definition) is 2. The summed E-state index contributed by atoms with van der Waals surface area (Å²) < 4.78 is 30.1. The fourth-order valence-electron chi connectivity index (χ4n) is 3.79. The van der Waals surface area contributed by atoms with E-state index < -0.39 is 10.0 Å². The SMILES string of the molecule is Cc1ccccc1CNS(=O)(=O)c1cc(-c2c(C)nn3c2NC(=O)CCC3=O)ccc1C. The second kappa shape index (κ2) is 8.33. The number of carbonyl (C=O) groups excluding carboxylic acids is 2. The first-order chi connectivity index (χ1) is 15.2. The van der Waals surface area contributed by atoms with Crippen LogP contribution in [0.25, 0.3) is 11.1 Å². The molecular formula is C23H24N4O4S. The molecule has 1 aromatic heterocycles. The molecule has 9 heteroatoms. The van der Waals surface area contributed by atoms with Gasteiger partial charge in [-0.25, -0.2) is 13.1 Å². The van der Waals surface area contributed by atoms with Crippen molar-refractivity contribution in [2.75, 3.05) is 5.32 Å². The molecule has 166 valence electrons. The fraction of sp³-hybridized carbons (Fsp3) is 0.261. The molecular weight excluding hydrogens is 428 g/mol. The summed E-state index contributed by atoms with van der Waals surface area (Å²) in [5.74, 6) is -0.291. The van der Waals surface area contributed by atoms with Crippen molar-refractivity contribution >= 4 is 27.7 Å². The van der Waals surface area contributed by atoms with Crippen LogP contribution in [0.5, 0.6) is 0 Å². The van der Waals surface area contributed by atoms with Crippen molar-refractivity contribution < 1.29 is 18.0 Å². The van der Waals surface area contributed by atoms with Crippen LogP contribution in [0.1, 0.15) is 40.0 Å². The van der Waals surface area contributed by atoms with Crippen molar-refractivity contribution in [1.29, 1.82) is 0 Å². The van der Waals surface area contributed by atoms with Gasteiger partial charge in [0.25, 0.3) is 0 Å². The van der Waals surface area contributed by atoms with Crippen LogP contribution in [-0.4, -0.2) is 30.0 Å². The smallest absolute Gasteiger partial charge is 0.249 e. The molecule has 32 heavy (non-hydrogen) atoms. The first-order valence-electron chi connectivity index (χ1n) is 10.3. The highest BCUT2D eigenvalue weighted by Gasteiger charge is 2.27. The second-order valence-corrected chi connectivity index (χ2v) is 9.63. The number of nitrogens with zero attached hydrogens (tertiary/aromatic N) is 2. The van der Waals surface area contributed by atoms with Gasteiger partial charge in [0.1, 0.15) is 5.82 Å². The lowest BCUT2D eigenvalue weighted by molar-refractivity contribution is -0.116. The van der Waals surface area contributed by atoms with Gasteiger partial charge in [0.2, 0.25) is 21.8 Å². The van der Waals surface area contributed by atoms with Crippen molar-refractivity contribution in [2.24, 2.45) is 0 Å². The lowest BCUT2D eigenvalue weighted by Crippen LogP contribution is -2.24. The first-order valence-corrected chi connectivity index (χ1v) is 11.7. The van der Waals surface area contributed by atoms with E-state index >= 15 is 0 Å². The predicted molar refractivity (Wildman–Crippen MR) is 121 cm³/mol. The number of nitrogens with one attached hydrogen (secondary N) is 2. The van der Waals surface area contributed by atoms with Gasteiger partial charge in [-0.05, 0) is 49.1 Å². The Labute approximate surface area is 186 Å². The van der Waals surface area contributed by atoms with Gasteiger partial charge in [0, 0.05) is 24.9 Å². The molecule has 2 N–H and O–H groups in total. The zero-order valence-electron chi connectivity index (χ0n) is 18.1. The summed E-state index contributed by atoms with van der Waals surface area (Å²) in [5.41, 5.74) is 4.09. The Morgan fingerprint density at radius 1 is 1.03 bits per heavy atom. The monoisotopic (exact) mass is 452 g/mol. The van der Waals surface area contributed by atoms with Crippen molar-refractivity contribution in [3.63, 3.8) is 0 Å². The average molecular weight is 453 g/mol.